The number of benzene rings is 1. The topological polar surface area (TPSA) is 38.1 Å². The first-order chi connectivity index (χ1) is 9.78. The van der Waals surface area contributed by atoms with Crippen molar-refractivity contribution in [2.45, 2.75) is 6.42 Å². The van der Waals surface area contributed by atoms with Crippen molar-refractivity contribution in [3.8, 4) is 5.69 Å². The van der Waals surface area contributed by atoms with Crippen LogP contribution in [-0.2, 0) is 0 Å². The number of aromatic nitrogens is 2. The molecule has 0 aliphatic carbocycles. The van der Waals surface area contributed by atoms with E-state index in [2.05, 4.69) is 5.10 Å². The van der Waals surface area contributed by atoms with E-state index in [0.29, 0.717) is 17.4 Å². The minimum absolute atomic E-state index is 0.0415. The van der Waals surface area contributed by atoms with E-state index < -0.39 is 0 Å². The lowest BCUT2D eigenvalue weighted by atomic mass is 10.2. The summed E-state index contributed by atoms with van der Waals surface area (Å²) in [4.78, 5) is 14.2. The number of alkyl halides is 1. The van der Waals surface area contributed by atoms with Crippen molar-refractivity contribution in [3.05, 3.63) is 48.3 Å². The maximum atomic E-state index is 12.4. The molecule has 2 heterocycles. The van der Waals surface area contributed by atoms with Crippen LogP contribution in [0.25, 0.3) is 5.69 Å². The number of nitrogens with zero attached hydrogens (tertiary/aromatic N) is 3. The van der Waals surface area contributed by atoms with E-state index in [1.54, 1.807) is 17.1 Å². The number of carbonyl (C=O) groups is 1. The van der Waals surface area contributed by atoms with Gasteiger partial charge in [-0.05, 0) is 24.5 Å². The van der Waals surface area contributed by atoms with Crippen molar-refractivity contribution >= 4 is 17.5 Å². The molecular formula is C15H16ClN3O. The summed E-state index contributed by atoms with van der Waals surface area (Å²) in [5, 5.41) is 4.26. The number of amides is 1. The lowest BCUT2D eigenvalue weighted by Crippen LogP contribution is -2.28. The van der Waals surface area contributed by atoms with Crippen LogP contribution in [0, 0.1) is 5.92 Å². The van der Waals surface area contributed by atoms with Gasteiger partial charge in [-0.1, -0.05) is 18.2 Å². The summed E-state index contributed by atoms with van der Waals surface area (Å²) in [6.45, 7) is 1.53. The number of hydrogen-bond acceptors (Lipinski definition) is 2. The second kappa shape index (κ2) is 5.67. The average Bonchev–Trinajstić information content (AvgIpc) is 3.17. The van der Waals surface area contributed by atoms with Gasteiger partial charge in [0.1, 0.15) is 0 Å². The highest BCUT2D eigenvalue weighted by molar-refractivity contribution is 6.18. The smallest absolute Gasteiger partial charge is 0.257 e. The van der Waals surface area contributed by atoms with Crippen LogP contribution in [0.15, 0.2) is 42.7 Å². The molecule has 1 aromatic carbocycles. The molecule has 0 bridgehead atoms. The summed E-state index contributed by atoms with van der Waals surface area (Å²) in [5.74, 6) is 1.08. The van der Waals surface area contributed by atoms with Gasteiger partial charge in [0, 0.05) is 25.2 Å². The van der Waals surface area contributed by atoms with E-state index in [4.69, 9.17) is 11.6 Å². The molecular weight excluding hydrogens is 274 g/mol. The van der Waals surface area contributed by atoms with E-state index >= 15 is 0 Å². The molecule has 4 nitrogen and oxygen atoms in total. The monoisotopic (exact) mass is 289 g/mol. The second-order valence-electron chi connectivity index (χ2n) is 5.07. The molecule has 2 aromatic rings. The molecule has 0 N–H and O–H groups in total. The van der Waals surface area contributed by atoms with Crippen LogP contribution in [0.2, 0.25) is 0 Å². The number of rotatable bonds is 3. The largest absolute Gasteiger partial charge is 0.338 e. The number of halogens is 1. The third-order valence-electron chi connectivity index (χ3n) is 3.64. The molecule has 1 aliphatic heterocycles. The number of likely N-dealkylation sites (tertiary alicyclic amines) is 1. The van der Waals surface area contributed by atoms with Crippen molar-refractivity contribution < 1.29 is 4.79 Å². The van der Waals surface area contributed by atoms with Gasteiger partial charge in [-0.3, -0.25) is 4.79 Å². The zero-order valence-corrected chi connectivity index (χ0v) is 11.8. The van der Waals surface area contributed by atoms with Crippen molar-refractivity contribution in [2.24, 2.45) is 5.92 Å². The minimum atomic E-state index is 0.0415. The Morgan fingerprint density at radius 1 is 1.35 bits per heavy atom. The first-order valence-corrected chi connectivity index (χ1v) is 7.26. The Morgan fingerprint density at radius 3 is 2.85 bits per heavy atom. The molecule has 1 fully saturated rings. The Balaban J connectivity index is 1.76. The van der Waals surface area contributed by atoms with Crippen LogP contribution >= 0.6 is 11.6 Å². The Bertz CT molecular complexity index is 596. The summed E-state index contributed by atoms with van der Waals surface area (Å²) in [5.41, 5.74) is 1.58. The van der Waals surface area contributed by atoms with Crippen molar-refractivity contribution in [1.29, 1.82) is 0 Å². The molecule has 1 atom stereocenters. The molecule has 0 saturated carbocycles. The fourth-order valence-corrected chi connectivity index (χ4v) is 2.73. The minimum Gasteiger partial charge on any atom is -0.338 e. The summed E-state index contributed by atoms with van der Waals surface area (Å²) in [7, 11) is 0. The number of carbonyl (C=O) groups excluding carboxylic acids is 1. The third kappa shape index (κ3) is 2.56. The second-order valence-corrected chi connectivity index (χ2v) is 5.38. The highest BCUT2D eigenvalue weighted by atomic mass is 35.5. The van der Waals surface area contributed by atoms with Gasteiger partial charge < -0.3 is 4.90 Å². The van der Waals surface area contributed by atoms with Crippen LogP contribution < -0.4 is 0 Å². The lowest BCUT2D eigenvalue weighted by Gasteiger charge is -2.14. The fourth-order valence-electron chi connectivity index (χ4n) is 2.48. The highest BCUT2D eigenvalue weighted by Crippen LogP contribution is 2.20. The first kappa shape index (κ1) is 13.2. The zero-order chi connectivity index (χ0) is 13.9. The number of para-hydroxylation sites is 1. The summed E-state index contributed by atoms with van der Waals surface area (Å²) in [6.07, 6.45) is 4.40. The zero-order valence-electron chi connectivity index (χ0n) is 11.1. The van der Waals surface area contributed by atoms with E-state index in [1.807, 2.05) is 35.2 Å². The molecule has 20 heavy (non-hydrogen) atoms. The average molecular weight is 290 g/mol. The molecule has 1 amide bonds. The van der Waals surface area contributed by atoms with Gasteiger partial charge in [0.15, 0.2) is 0 Å². The Hall–Kier alpha value is -1.81. The SMILES string of the molecule is O=C(c1cnn(-c2ccccc2)c1)N1CCC(CCl)C1. The first-order valence-electron chi connectivity index (χ1n) is 6.73. The third-order valence-corrected chi connectivity index (χ3v) is 4.08. The normalized spacial score (nSPS) is 18.4. The molecule has 3 rings (SSSR count). The molecule has 5 heteroatoms. The van der Waals surface area contributed by atoms with Gasteiger partial charge >= 0.3 is 0 Å². The van der Waals surface area contributed by atoms with Crippen molar-refractivity contribution in [2.75, 3.05) is 19.0 Å². The van der Waals surface area contributed by atoms with Crippen LogP contribution in [0.1, 0.15) is 16.8 Å². The standard InChI is InChI=1S/C15H16ClN3O/c16-8-12-6-7-18(10-12)15(20)13-9-17-19(11-13)14-4-2-1-3-5-14/h1-5,9,11-12H,6-8,10H2. The molecule has 1 aliphatic rings. The molecule has 1 aromatic heterocycles. The summed E-state index contributed by atoms with van der Waals surface area (Å²) in [6, 6.07) is 9.77. The van der Waals surface area contributed by atoms with Gasteiger partial charge in [0.05, 0.1) is 17.4 Å². The van der Waals surface area contributed by atoms with E-state index in [9.17, 15) is 4.79 Å². The van der Waals surface area contributed by atoms with Gasteiger partial charge in [-0.15, -0.1) is 11.6 Å². The van der Waals surface area contributed by atoms with Gasteiger partial charge in [-0.25, -0.2) is 4.68 Å². The maximum Gasteiger partial charge on any atom is 0.257 e. The van der Waals surface area contributed by atoms with Gasteiger partial charge in [0.2, 0.25) is 0 Å². The summed E-state index contributed by atoms with van der Waals surface area (Å²) >= 11 is 5.85. The predicted molar refractivity (Wildman–Crippen MR) is 78.3 cm³/mol. The Morgan fingerprint density at radius 2 is 2.15 bits per heavy atom. The van der Waals surface area contributed by atoms with Crippen molar-refractivity contribution in [3.63, 3.8) is 0 Å². The predicted octanol–water partition coefficient (Wildman–Crippen LogP) is 2.57. The Kier molecular flexibility index (Phi) is 3.74. The lowest BCUT2D eigenvalue weighted by molar-refractivity contribution is 0.0788. The molecule has 0 radical (unpaired) electrons. The van der Waals surface area contributed by atoms with E-state index in [0.717, 1.165) is 25.2 Å². The fraction of sp³-hybridized carbons (Fsp3) is 0.333. The quantitative estimate of drug-likeness (QED) is 0.815. The molecule has 0 spiro atoms. The van der Waals surface area contributed by atoms with Crippen LogP contribution in [0.5, 0.6) is 0 Å². The summed E-state index contributed by atoms with van der Waals surface area (Å²) < 4.78 is 1.72. The molecule has 1 saturated heterocycles. The molecule has 1 unspecified atom stereocenters. The maximum absolute atomic E-state index is 12.4. The molecule has 104 valence electrons. The van der Waals surface area contributed by atoms with Gasteiger partial charge in [-0.2, -0.15) is 5.10 Å². The van der Waals surface area contributed by atoms with E-state index in [1.165, 1.54) is 0 Å². The van der Waals surface area contributed by atoms with Crippen LogP contribution in [-0.4, -0.2) is 39.6 Å². The van der Waals surface area contributed by atoms with Gasteiger partial charge in [0.25, 0.3) is 5.91 Å². The van der Waals surface area contributed by atoms with Crippen LogP contribution in [0.3, 0.4) is 0 Å². The van der Waals surface area contributed by atoms with E-state index in [-0.39, 0.29) is 5.91 Å². The Labute approximate surface area is 123 Å². The van der Waals surface area contributed by atoms with Crippen LogP contribution in [0.4, 0.5) is 0 Å². The van der Waals surface area contributed by atoms with Crippen molar-refractivity contribution in [1.82, 2.24) is 14.7 Å². The highest BCUT2D eigenvalue weighted by Gasteiger charge is 2.27. The number of hydrogen-bond donors (Lipinski definition) is 0.